The lowest BCUT2D eigenvalue weighted by atomic mass is 10.0. The van der Waals surface area contributed by atoms with E-state index in [9.17, 15) is 31.9 Å². The van der Waals surface area contributed by atoms with Crippen molar-refractivity contribution in [1.29, 1.82) is 0 Å². The molecule has 154 valence electrons. The van der Waals surface area contributed by atoms with Crippen LogP contribution in [-0.2, 0) is 6.54 Å². The number of pyridine rings is 1. The van der Waals surface area contributed by atoms with Gasteiger partial charge in [0.2, 0.25) is 0 Å². The van der Waals surface area contributed by atoms with E-state index in [2.05, 4.69) is 20.1 Å². The van der Waals surface area contributed by atoms with E-state index in [0.29, 0.717) is 6.54 Å². The molecule has 2 N–H and O–H groups in total. The van der Waals surface area contributed by atoms with Crippen LogP contribution in [0.4, 0.5) is 27.8 Å². The quantitative estimate of drug-likeness (QED) is 0.673. The highest BCUT2D eigenvalue weighted by Gasteiger charge is 2.47. The average Bonchev–Trinajstić information content (AvgIpc) is 2.97. The van der Waals surface area contributed by atoms with Gasteiger partial charge in [0.1, 0.15) is 17.1 Å². The number of carboxylic acid groups (broad SMARTS) is 1. The van der Waals surface area contributed by atoms with Crippen molar-refractivity contribution in [3.8, 4) is 16.9 Å². The van der Waals surface area contributed by atoms with E-state index in [0.717, 1.165) is 26.1 Å². The molecule has 0 bridgehead atoms. The summed E-state index contributed by atoms with van der Waals surface area (Å²) in [5.74, 6) is -2.32. The molecule has 0 aliphatic rings. The largest absolute Gasteiger partial charge is 0.476 e. The molecular formula is C16H17F5N4O3. The number of halogens is 5. The Morgan fingerprint density at radius 3 is 2.46 bits per heavy atom. The average molecular weight is 408 g/mol. The van der Waals surface area contributed by atoms with Gasteiger partial charge in [0.25, 0.3) is 0 Å². The molecule has 2 aromatic rings. The highest BCUT2D eigenvalue weighted by Crippen LogP contribution is 2.37. The molecule has 7 nitrogen and oxygen atoms in total. The Hall–Kier alpha value is -2.92. The standard InChI is InChI=1S/C16H17F5N4O3/c1-4-25-7-9(12(24-25)13(26)27)8-6-22-11(5-10(8)28-14(17)18)23-15(2,3)16(19,20)21/h5-7,14H,4H2,1-3H3,(H,22,23)(H,26,27). The van der Waals surface area contributed by atoms with Gasteiger partial charge in [-0.2, -0.15) is 27.1 Å². The molecule has 0 fully saturated rings. The third-order valence-corrected chi connectivity index (χ3v) is 3.81. The zero-order chi connectivity index (χ0) is 21.3. The van der Waals surface area contributed by atoms with Gasteiger partial charge in [-0.3, -0.25) is 4.68 Å². The molecule has 0 saturated carbocycles. The van der Waals surface area contributed by atoms with Gasteiger partial charge in [-0.1, -0.05) is 0 Å². The van der Waals surface area contributed by atoms with Crippen molar-refractivity contribution in [2.75, 3.05) is 5.32 Å². The Labute approximate surface area is 156 Å². The lowest BCUT2D eigenvalue weighted by Gasteiger charge is -2.29. The van der Waals surface area contributed by atoms with E-state index >= 15 is 0 Å². The number of hydrogen-bond acceptors (Lipinski definition) is 5. The Balaban J connectivity index is 2.55. The molecule has 2 rings (SSSR count). The van der Waals surface area contributed by atoms with Crippen LogP contribution in [0.15, 0.2) is 18.5 Å². The molecule has 28 heavy (non-hydrogen) atoms. The van der Waals surface area contributed by atoms with E-state index in [1.165, 1.54) is 10.9 Å². The molecule has 0 unspecified atom stereocenters. The minimum absolute atomic E-state index is 0.0564. The van der Waals surface area contributed by atoms with Crippen molar-refractivity contribution >= 4 is 11.8 Å². The monoisotopic (exact) mass is 408 g/mol. The molecule has 0 atom stereocenters. The van der Waals surface area contributed by atoms with Gasteiger partial charge in [-0.15, -0.1) is 0 Å². The van der Waals surface area contributed by atoms with Crippen LogP contribution in [0.2, 0.25) is 0 Å². The maximum atomic E-state index is 13.0. The highest BCUT2D eigenvalue weighted by molar-refractivity contribution is 5.94. The zero-order valence-electron chi connectivity index (χ0n) is 15.0. The van der Waals surface area contributed by atoms with Crippen molar-refractivity contribution in [3.63, 3.8) is 0 Å². The lowest BCUT2D eigenvalue weighted by Crippen LogP contribution is -2.46. The second kappa shape index (κ2) is 7.60. The van der Waals surface area contributed by atoms with Crippen LogP contribution in [0, 0.1) is 0 Å². The van der Waals surface area contributed by atoms with Crippen LogP contribution < -0.4 is 10.1 Å². The maximum Gasteiger partial charge on any atom is 0.410 e. The number of aromatic carboxylic acids is 1. The number of anilines is 1. The summed E-state index contributed by atoms with van der Waals surface area (Å²) in [4.78, 5) is 15.2. The van der Waals surface area contributed by atoms with Gasteiger partial charge in [0.15, 0.2) is 5.69 Å². The first-order chi connectivity index (χ1) is 12.9. The van der Waals surface area contributed by atoms with E-state index in [-0.39, 0.29) is 16.9 Å². The Morgan fingerprint density at radius 2 is 1.96 bits per heavy atom. The third-order valence-electron chi connectivity index (χ3n) is 3.81. The second-order valence-electron chi connectivity index (χ2n) is 6.24. The number of alkyl halides is 5. The summed E-state index contributed by atoms with van der Waals surface area (Å²) in [6.07, 6.45) is -2.39. The van der Waals surface area contributed by atoms with Gasteiger partial charge in [0, 0.05) is 36.1 Å². The number of aryl methyl sites for hydroxylation is 1. The van der Waals surface area contributed by atoms with Crippen LogP contribution >= 0.6 is 0 Å². The van der Waals surface area contributed by atoms with E-state index in [1.54, 1.807) is 6.92 Å². The number of carboxylic acids is 1. The molecule has 0 amide bonds. The topological polar surface area (TPSA) is 89.3 Å². The maximum absolute atomic E-state index is 13.0. The van der Waals surface area contributed by atoms with Crippen LogP contribution in [0.5, 0.6) is 5.75 Å². The number of nitrogens with one attached hydrogen (secondary N) is 1. The van der Waals surface area contributed by atoms with E-state index in [1.807, 2.05) is 0 Å². The molecule has 2 aromatic heterocycles. The lowest BCUT2D eigenvalue weighted by molar-refractivity contribution is -0.168. The number of hydrogen-bond donors (Lipinski definition) is 2. The summed E-state index contributed by atoms with van der Waals surface area (Å²) >= 11 is 0. The fraction of sp³-hybridized carbons (Fsp3) is 0.438. The summed E-state index contributed by atoms with van der Waals surface area (Å²) in [6, 6.07) is 0.851. The Morgan fingerprint density at radius 1 is 1.32 bits per heavy atom. The molecule has 0 saturated heterocycles. The summed E-state index contributed by atoms with van der Waals surface area (Å²) in [7, 11) is 0. The summed E-state index contributed by atoms with van der Waals surface area (Å²) in [5.41, 5.74) is -3.03. The van der Waals surface area contributed by atoms with Crippen molar-refractivity contribution < 1.29 is 36.6 Å². The zero-order valence-corrected chi connectivity index (χ0v) is 15.0. The Bertz CT molecular complexity index is 864. The minimum Gasteiger partial charge on any atom is -0.476 e. The molecule has 0 aromatic carbocycles. The van der Waals surface area contributed by atoms with Gasteiger partial charge in [0.05, 0.1) is 0 Å². The minimum atomic E-state index is -4.64. The first-order valence-corrected chi connectivity index (χ1v) is 7.96. The van der Waals surface area contributed by atoms with Gasteiger partial charge >= 0.3 is 18.8 Å². The number of aromatic nitrogens is 3. The molecule has 0 spiro atoms. The first-order valence-electron chi connectivity index (χ1n) is 7.96. The smallest absolute Gasteiger partial charge is 0.410 e. The molecule has 0 radical (unpaired) electrons. The van der Waals surface area contributed by atoms with Crippen LogP contribution in [0.25, 0.3) is 11.1 Å². The number of rotatable bonds is 7. The van der Waals surface area contributed by atoms with Gasteiger partial charge in [-0.05, 0) is 20.8 Å². The van der Waals surface area contributed by atoms with Crippen molar-refractivity contribution in [2.45, 2.75) is 45.6 Å². The van der Waals surface area contributed by atoms with Gasteiger partial charge < -0.3 is 15.2 Å². The fourth-order valence-corrected chi connectivity index (χ4v) is 2.23. The predicted molar refractivity (Wildman–Crippen MR) is 88.5 cm³/mol. The van der Waals surface area contributed by atoms with Gasteiger partial charge in [-0.25, -0.2) is 9.78 Å². The molecule has 12 heteroatoms. The van der Waals surface area contributed by atoms with Crippen molar-refractivity contribution in [1.82, 2.24) is 14.8 Å². The fourth-order valence-electron chi connectivity index (χ4n) is 2.23. The molecule has 2 heterocycles. The first kappa shape index (κ1) is 21.4. The van der Waals surface area contributed by atoms with E-state index in [4.69, 9.17) is 0 Å². The molecule has 0 aliphatic heterocycles. The SMILES string of the molecule is CCn1cc(-c2cnc(NC(C)(C)C(F)(F)F)cc2OC(F)F)c(C(=O)O)n1. The van der Waals surface area contributed by atoms with E-state index < -0.39 is 35.7 Å². The summed E-state index contributed by atoms with van der Waals surface area (Å²) < 4.78 is 70.4. The van der Waals surface area contributed by atoms with Crippen LogP contribution in [0.1, 0.15) is 31.3 Å². The van der Waals surface area contributed by atoms with Crippen LogP contribution in [0.3, 0.4) is 0 Å². The van der Waals surface area contributed by atoms with Crippen molar-refractivity contribution in [3.05, 3.63) is 24.2 Å². The third kappa shape index (κ3) is 4.49. The van der Waals surface area contributed by atoms with Crippen molar-refractivity contribution in [2.24, 2.45) is 0 Å². The number of carbonyl (C=O) groups is 1. The second-order valence-corrected chi connectivity index (χ2v) is 6.24. The van der Waals surface area contributed by atoms with Crippen LogP contribution in [-0.4, -0.2) is 44.2 Å². The normalized spacial score (nSPS) is 12.3. The number of nitrogens with zero attached hydrogens (tertiary/aromatic N) is 3. The Kier molecular flexibility index (Phi) is 5.80. The molecular weight excluding hydrogens is 391 g/mol. The molecule has 0 aliphatic carbocycles. The predicted octanol–water partition coefficient (Wildman–Crippen LogP) is 4.02. The summed E-state index contributed by atoms with van der Waals surface area (Å²) in [6.45, 7) is 0.398. The summed E-state index contributed by atoms with van der Waals surface area (Å²) in [5, 5.41) is 15.2. The number of ether oxygens (including phenoxy) is 1. The highest BCUT2D eigenvalue weighted by atomic mass is 19.4.